The maximum absolute atomic E-state index is 13.3. The van der Waals surface area contributed by atoms with E-state index < -0.39 is 12.0 Å². The van der Waals surface area contributed by atoms with Gasteiger partial charge in [0, 0.05) is 26.1 Å². The highest BCUT2D eigenvalue weighted by molar-refractivity contribution is 5.82. The van der Waals surface area contributed by atoms with E-state index in [1.807, 2.05) is 30.3 Å². The number of H-pyrrole nitrogens is 1. The Balaban J connectivity index is 1.20. The molecular weight excluding hydrogens is 466 g/mol. The number of nitrogens with zero attached hydrogens (tertiary/aromatic N) is 4. The number of carbonyl (C=O) groups is 1. The molecule has 4 heterocycles. The summed E-state index contributed by atoms with van der Waals surface area (Å²) in [6.45, 7) is 2.33. The molecule has 190 valence electrons. The Morgan fingerprint density at radius 3 is 2.59 bits per heavy atom. The molecule has 3 aromatic rings. The van der Waals surface area contributed by atoms with Gasteiger partial charge in [0.15, 0.2) is 6.10 Å². The van der Waals surface area contributed by atoms with Crippen molar-refractivity contribution in [3.05, 3.63) is 99.0 Å². The highest BCUT2D eigenvalue weighted by Crippen LogP contribution is 2.51. The predicted octanol–water partition coefficient (Wildman–Crippen LogP) is 2.58. The normalized spacial score (nSPS) is 19.6. The number of benzene rings is 1. The second-order valence-electron chi connectivity index (χ2n) is 10.4. The molecule has 1 unspecified atom stereocenters. The fraction of sp³-hybridized carbons (Fsp3) is 0.379. The third-order valence-electron chi connectivity index (χ3n) is 7.94. The molecule has 1 saturated carbocycles. The Labute approximate surface area is 215 Å². The van der Waals surface area contributed by atoms with E-state index in [-0.39, 0.29) is 17.5 Å². The molecule has 1 amide bonds. The Morgan fingerprint density at radius 1 is 1.05 bits per heavy atom. The molecule has 0 radical (unpaired) electrons. The van der Waals surface area contributed by atoms with Gasteiger partial charge < -0.3 is 19.9 Å². The van der Waals surface area contributed by atoms with Crippen molar-refractivity contribution < 1.29 is 9.90 Å². The van der Waals surface area contributed by atoms with Gasteiger partial charge in [-0.1, -0.05) is 42.5 Å². The van der Waals surface area contributed by atoms with E-state index in [1.165, 1.54) is 10.5 Å². The van der Waals surface area contributed by atoms with Gasteiger partial charge in [0.05, 0.1) is 34.6 Å². The van der Waals surface area contributed by atoms with E-state index in [9.17, 15) is 14.7 Å². The third kappa shape index (κ3) is 4.40. The Hall–Kier alpha value is -3.62. The maximum Gasteiger partial charge on any atom is 0.257 e. The van der Waals surface area contributed by atoms with Crippen molar-refractivity contribution >= 4 is 11.5 Å². The number of aliphatic hydroxyl groups excluding tert-OH is 1. The van der Waals surface area contributed by atoms with Gasteiger partial charge in [-0.2, -0.15) is 0 Å². The highest BCUT2D eigenvalue weighted by Gasteiger charge is 2.48. The van der Waals surface area contributed by atoms with Crippen LogP contribution in [0.1, 0.15) is 59.4 Å². The average Bonchev–Trinajstić information content (AvgIpc) is 3.75. The van der Waals surface area contributed by atoms with E-state index >= 15 is 0 Å². The van der Waals surface area contributed by atoms with E-state index in [4.69, 9.17) is 4.98 Å². The molecule has 2 aromatic heterocycles. The van der Waals surface area contributed by atoms with E-state index in [1.54, 1.807) is 6.07 Å². The molecule has 2 N–H and O–H groups in total. The van der Waals surface area contributed by atoms with Crippen molar-refractivity contribution in [3.63, 3.8) is 0 Å². The first-order chi connectivity index (χ1) is 17.9. The summed E-state index contributed by atoms with van der Waals surface area (Å²) in [5.74, 6) is 0.269. The number of aliphatic hydroxyl groups is 1. The predicted molar refractivity (Wildman–Crippen MR) is 140 cm³/mol. The molecule has 6 rings (SSSR count). The second kappa shape index (κ2) is 9.36. The molecule has 1 fully saturated rings. The van der Waals surface area contributed by atoms with Crippen LogP contribution in [0.4, 0.5) is 0 Å². The fourth-order valence-corrected chi connectivity index (χ4v) is 5.47. The lowest BCUT2D eigenvalue weighted by atomic mass is 9.94. The van der Waals surface area contributed by atoms with E-state index in [0.29, 0.717) is 30.0 Å². The molecule has 8 heteroatoms. The minimum Gasteiger partial charge on any atom is -0.377 e. The quantitative estimate of drug-likeness (QED) is 0.562. The lowest BCUT2D eigenvalue weighted by molar-refractivity contribution is -0.141. The first-order valence-electron chi connectivity index (χ1n) is 12.9. The standard InChI is InChI=1S/C29H31N5O3/c1-33-15-10-19(11-16-33)22-8-5-9-24(30-22)25(35)27(37)34-17-12-23-21(18-34)26(36)32-28(31-23)29(13-14-29)20-6-3-2-4-7-20/h2-10,25,35H,11-18H2,1H3,(H,31,32,36). The van der Waals surface area contributed by atoms with Gasteiger partial charge in [-0.05, 0) is 49.6 Å². The van der Waals surface area contributed by atoms with Crippen molar-refractivity contribution in [3.8, 4) is 0 Å². The summed E-state index contributed by atoms with van der Waals surface area (Å²) >= 11 is 0. The van der Waals surface area contributed by atoms with Gasteiger partial charge in [-0.15, -0.1) is 0 Å². The number of hydrogen-bond donors (Lipinski definition) is 2. The molecule has 0 spiro atoms. The van der Waals surface area contributed by atoms with Crippen LogP contribution in [-0.4, -0.2) is 62.4 Å². The molecule has 1 aromatic carbocycles. The van der Waals surface area contributed by atoms with Crippen LogP contribution in [0, 0.1) is 0 Å². The van der Waals surface area contributed by atoms with Gasteiger partial charge in [0.1, 0.15) is 5.82 Å². The van der Waals surface area contributed by atoms with Crippen LogP contribution in [0.3, 0.4) is 0 Å². The first kappa shape index (κ1) is 23.8. The summed E-state index contributed by atoms with van der Waals surface area (Å²) in [7, 11) is 2.07. The van der Waals surface area contributed by atoms with Crippen molar-refractivity contribution in [2.45, 2.75) is 43.7 Å². The van der Waals surface area contributed by atoms with Gasteiger partial charge >= 0.3 is 0 Å². The molecule has 3 aliphatic rings. The van der Waals surface area contributed by atoms with Crippen LogP contribution in [0.2, 0.25) is 0 Å². The van der Waals surface area contributed by atoms with Crippen molar-refractivity contribution in [1.29, 1.82) is 0 Å². The largest absolute Gasteiger partial charge is 0.377 e. The van der Waals surface area contributed by atoms with Crippen LogP contribution in [0.5, 0.6) is 0 Å². The Kier molecular flexibility index (Phi) is 6.01. The number of pyridine rings is 1. The molecule has 0 bridgehead atoms. The van der Waals surface area contributed by atoms with E-state index in [0.717, 1.165) is 49.3 Å². The monoisotopic (exact) mass is 497 g/mol. The lowest BCUT2D eigenvalue weighted by Crippen LogP contribution is -2.42. The summed E-state index contributed by atoms with van der Waals surface area (Å²) in [6, 6.07) is 15.6. The van der Waals surface area contributed by atoms with Crippen LogP contribution < -0.4 is 5.56 Å². The number of rotatable bonds is 5. The number of fused-ring (bicyclic) bond motifs is 1. The fourth-order valence-electron chi connectivity index (χ4n) is 5.47. The lowest BCUT2D eigenvalue weighted by Gasteiger charge is -2.30. The van der Waals surface area contributed by atoms with Crippen molar-refractivity contribution in [2.24, 2.45) is 0 Å². The maximum atomic E-state index is 13.3. The van der Waals surface area contributed by atoms with Crippen LogP contribution in [0.25, 0.3) is 5.57 Å². The summed E-state index contributed by atoms with van der Waals surface area (Å²) in [5, 5.41) is 10.9. The molecular formula is C29H31N5O3. The molecule has 1 aliphatic carbocycles. The average molecular weight is 498 g/mol. The summed E-state index contributed by atoms with van der Waals surface area (Å²) in [4.78, 5) is 42.6. The smallest absolute Gasteiger partial charge is 0.257 e. The zero-order valence-corrected chi connectivity index (χ0v) is 21.0. The zero-order chi connectivity index (χ0) is 25.6. The van der Waals surface area contributed by atoms with Crippen molar-refractivity contribution in [1.82, 2.24) is 24.8 Å². The van der Waals surface area contributed by atoms with Crippen molar-refractivity contribution in [2.75, 3.05) is 26.7 Å². The Morgan fingerprint density at radius 2 is 1.86 bits per heavy atom. The summed E-state index contributed by atoms with van der Waals surface area (Å²) in [6.07, 6.45) is 4.02. The number of hydrogen-bond acceptors (Lipinski definition) is 6. The number of carbonyl (C=O) groups excluding carboxylic acids is 1. The Bertz CT molecular complexity index is 1430. The third-order valence-corrected chi connectivity index (χ3v) is 7.94. The number of aromatic nitrogens is 3. The highest BCUT2D eigenvalue weighted by atomic mass is 16.3. The first-order valence-corrected chi connectivity index (χ1v) is 12.9. The number of aromatic amines is 1. The molecule has 1 atom stereocenters. The summed E-state index contributed by atoms with van der Waals surface area (Å²) < 4.78 is 0. The SMILES string of the molecule is CN1CC=C(c2cccc(C(O)C(=O)N3CCc4nc(C5(c6ccccc6)CC5)[nH]c(=O)c4C3)n2)CC1. The number of nitrogens with one attached hydrogen (secondary N) is 1. The minimum absolute atomic E-state index is 0.128. The summed E-state index contributed by atoms with van der Waals surface area (Å²) in [5.41, 5.74) is 4.23. The van der Waals surface area contributed by atoms with E-state index in [2.05, 4.69) is 40.1 Å². The molecule has 8 nitrogen and oxygen atoms in total. The molecule has 37 heavy (non-hydrogen) atoms. The topological polar surface area (TPSA) is 102 Å². The number of amides is 1. The van der Waals surface area contributed by atoms with Gasteiger partial charge in [-0.3, -0.25) is 9.59 Å². The second-order valence-corrected chi connectivity index (χ2v) is 10.4. The van der Waals surface area contributed by atoms with Crippen LogP contribution in [-0.2, 0) is 23.2 Å². The van der Waals surface area contributed by atoms with Crippen LogP contribution >= 0.6 is 0 Å². The van der Waals surface area contributed by atoms with Crippen LogP contribution in [0.15, 0.2) is 59.4 Å². The molecule has 0 saturated heterocycles. The zero-order valence-electron chi connectivity index (χ0n) is 21.0. The van der Waals surface area contributed by atoms with Gasteiger partial charge in [0.25, 0.3) is 11.5 Å². The van der Waals surface area contributed by atoms with Gasteiger partial charge in [0.2, 0.25) is 0 Å². The molecule has 2 aliphatic heterocycles. The minimum atomic E-state index is -1.38. The van der Waals surface area contributed by atoms with Gasteiger partial charge in [-0.25, -0.2) is 9.97 Å². The number of likely N-dealkylation sites (N-methyl/N-ethyl adjacent to an activating group) is 1.